The Kier molecular flexibility index (Phi) is 4.45. The number of hydrogen-bond donors (Lipinski definition) is 0. The van der Waals surface area contributed by atoms with E-state index < -0.39 is 0 Å². The summed E-state index contributed by atoms with van der Waals surface area (Å²) in [6.45, 7) is 5.74. The maximum atomic E-state index is 12.6. The molecule has 1 aromatic carbocycles. The first-order valence-corrected chi connectivity index (χ1v) is 7.72. The lowest BCUT2D eigenvalue weighted by atomic mass is 10.0. The van der Waals surface area contributed by atoms with E-state index in [1.54, 1.807) is 24.5 Å². The molecule has 0 atom stereocenters. The molecule has 23 heavy (non-hydrogen) atoms. The van der Waals surface area contributed by atoms with E-state index in [1.165, 1.54) is 0 Å². The molecule has 0 saturated carbocycles. The molecule has 1 fully saturated rings. The molecule has 5 nitrogen and oxygen atoms in total. The SMILES string of the molecule is Cc1cc(C#N)ccc1C(=O)N1CCN(Cc2ccco2)CC1. The highest BCUT2D eigenvalue weighted by Crippen LogP contribution is 2.16. The zero-order valence-electron chi connectivity index (χ0n) is 13.2. The minimum Gasteiger partial charge on any atom is -0.468 e. The third kappa shape index (κ3) is 3.43. The van der Waals surface area contributed by atoms with Crippen LogP contribution in [0.3, 0.4) is 0 Å². The van der Waals surface area contributed by atoms with Crippen molar-refractivity contribution in [2.75, 3.05) is 26.2 Å². The smallest absolute Gasteiger partial charge is 0.254 e. The van der Waals surface area contributed by atoms with Gasteiger partial charge in [-0.2, -0.15) is 5.26 Å². The predicted octanol–water partition coefficient (Wildman–Crippen LogP) is 2.42. The Hall–Kier alpha value is -2.58. The summed E-state index contributed by atoms with van der Waals surface area (Å²) in [7, 11) is 0. The summed E-state index contributed by atoms with van der Waals surface area (Å²) in [6.07, 6.45) is 1.68. The Morgan fingerprint density at radius 2 is 2.04 bits per heavy atom. The van der Waals surface area contributed by atoms with Gasteiger partial charge in [0.2, 0.25) is 0 Å². The number of aryl methyl sites for hydroxylation is 1. The van der Waals surface area contributed by atoms with Gasteiger partial charge < -0.3 is 9.32 Å². The van der Waals surface area contributed by atoms with Gasteiger partial charge in [0, 0.05) is 31.7 Å². The molecule has 5 heteroatoms. The Morgan fingerprint density at radius 1 is 1.26 bits per heavy atom. The molecule has 0 N–H and O–H groups in total. The van der Waals surface area contributed by atoms with Crippen molar-refractivity contribution >= 4 is 5.91 Å². The fraction of sp³-hybridized carbons (Fsp3) is 0.333. The zero-order valence-corrected chi connectivity index (χ0v) is 13.2. The maximum absolute atomic E-state index is 12.6. The van der Waals surface area contributed by atoms with E-state index in [2.05, 4.69) is 11.0 Å². The van der Waals surface area contributed by atoms with Crippen molar-refractivity contribution in [2.45, 2.75) is 13.5 Å². The van der Waals surface area contributed by atoms with Gasteiger partial charge in [0.1, 0.15) is 5.76 Å². The molecular formula is C18H19N3O2. The summed E-state index contributed by atoms with van der Waals surface area (Å²) in [5.74, 6) is 0.998. The van der Waals surface area contributed by atoms with Crippen LogP contribution in [-0.2, 0) is 6.54 Å². The molecular weight excluding hydrogens is 290 g/mol. The Morgan fingerprint density at radius 3 is 2.65 bits per heavy atom. The molecule has 0 bridgehead atoms. The Bertz CT molecular complexity index is 723. The third-order valence-corrected chi connectivity index (χ3v) is 4.20. The number of furan rings is 1. The lowest BCUT2D eigenvalue weighted by Gasteiger charge is -2.34. The molecule has 1 aliphatic heterocycles. The second kappa shape index (κ2) is 6.67. The molecule has 1 amide bonds. The number of carbonyl (C=O) groups is 1. The molecule has 3 rings (SSSR count). The minimum atomic E-state index is 0.0460. The summed E-state index contributed by atoms with van der Waals surface area (Å²) in [6, 6.07) is 11.2. The van der Waals surface area contributed by atoms with E-state index in [-0.39, 0.29) is 5.91 Å². The largest absolute Gasteiger partial charge is 0.468 e. The summed E-state index contributed by atoms with van der Waals surface area (Å²) >= 11 is 0. The van der Waals surface area contributed by atoms with E-state index in [1.807, 2.05) is 24.0 Å². The van der Waals surface area contributed by atoms with E-state index in [4.69, 9.17) is 9.68 Å². The van der Waals surface area contributed by atoms with Crippen molar-refractivity contribution in [3.8, 4) is 6.07 Å². The van der Waals surface area contributed by atoms with Crippen molar-refractivity contribution in [2.24, 2.45) is 0 Å². The van der Waals surface area contributed by atoms with E-state index in [0.29, 0.717) is 24.2 Å². The quantitative estimate of drug-likeness (QED) is 0.873. The van der Waals surface area contributed by atoms with Gasteiger partial charge in [0.05, 0.1) is 24.4 Å². The number of carbonyl (C=O) groups excluding carboxylic acids is 1. The molecule has 1 aliphatic rings. The average Bonchev–Trinajstić information content (AvgIpc) is 3.08. The number of hydrogen-bond acceptors (Lipinski definition) is 4. The van der Waals surface area contributed by atoms with Crippen LogP contribution in [-0.4, -0.2) is 41.9 Å². The van der Waals surface area contributed by atoms with Gasteiger partial charge in [0.15, 0.2) is 0 Å². The van der Waals surface area contributed by atoms with Crippen molar-refractivity contribution < 1.29 is 9.21 Å². The van der Waals surface area contributed by atoms with Crippen LogP contribution in [0.1, 0.15) is 27.2 Å². The molecule has 118 valence electrons. The highest BCUT2D eigenvalue weighted by atomic mass is 16.3. The van der Waals surface area contributed by atoms with Crippen LogP contribution < -0.4 is 0 Å². The minimum absolute atomic E-state index is 0.0460. The van der Waals surface area contributed by atoms with Crippen LogP contribution in [0, 0.1) is 18.3 Å². The molecule has 2 aromatic rings. The van der Waals surface area contributed by atoms with Gasteiger partial charge in [-0.25, -0.2) is 0 Å². The molecule has 1 aromatic heterocycles. The number of nitriles is 1. The summed E-state index contributed by atoms with van der Waals surface area (Å²) in [5, 5.41) is 8.92. The first kappa shape index (κ1) is 15.3. The lowest BCUT2D eigenvalue weighted by Crippen LogP contribution is -2.48. The van der Waals surface area contributed by atoms with Crippen LogP contribution in [0.5, 0.6) is 0 Å². The molecule has 0 aliphatic carbocycles. The topological polar surface area (TPSA) is 60.5 Å². The van der Waals surface area contributed by atoms with Gasteiger partial charge in [-0.05, 0) is 42.8 Å². The number of benzene rings is 1. The first-order valence-electron chi connectivity index (χ1n) is 7.72. The van der Waals surface area contributed by atoms with Crippen LogP contribution in [0.15, 0.2) is 41.0 Å². The van der Waals surface area contributed by atoms with Crippen molar-refractivity contribution in [1.29, 1.82) is 5.26 Å². The van der Waals surface area contributed by atoms with Gasteiger partial charge in [-0.3, -0.25) is 9.69 Å². The van der Waals surface area contributed by atoms with Crippen molar-refractivity contribution in [3.05, 3.63) is 59.0 Å². The molecule has 0 unspecified atom stereocenters. The highest BCUT2D eigenvalue weighted by molar-refractivity contribution is 5.95. The normalized spacial score (nSPS) is 15.4. The van der Waals surface area contributed by atoms with Gasteiger partial charge in [-0.1, -0.05) is 0 Å². The summed E-state index contributed by atoms with van der Waals surface area (Å²) in [4.78, 5) is 16.8. The summed E-state index contributed by atoms with van der Waals surface area (Å²) in [5.41, 5.74) is 2.12. The maximum Gasteiger partial charge on any atom is 0.254 e. The number of piperazine rings is 1. The zero-order chi connectivity index (χ0) is 16.2. The summed E-state index contributed by atoms with van der Waals surface area (Å²) < 4.78 is 5.37. The van der Waals surface area contributed by atoms with Crippen LogP contribution in [0.2, 0.25) is 0 Å². The third-order valence-electron chi connectivity index (χ3n) is 4.20. The van der Waals surface area contributed by atoms with E-state index in [9.17, 15) is 4.79 Å². The second-order valence-electron chi connectivity index (χ2n) is 5.79. The van der Waals surface area contributed by atoms with E-state index in [0.717, 1.165) is 31.0 Å². The lowest BCUT2D eigenvalue weighted by molar-refractivity contribution is 0.0619. The van der Waals surface area contributed by atoms with Gasteiger partial charge in [0.25, 0.3) is 5.91 Å². The van der Waals surface area contributed by atoms with Crippen molar-refractivity contribution in [3.63, 3.8) is 0 Å². The monoisotopic (exact) mass is 309 g/mol. The predicted molar refractivity (Wildman–Crippen MR) is 85.8 cm³/mol. The van der Waals surface area contributed by atoms with Crippen LogP contribution in [0.25, 0.3) is 0 Å². The fourth-order valence-corrected chi connectivity index (χ4v) is 2.88. The number of rotatable bonds is 3. The first-order chi connectivity index (χ1) is 11.2. The number of nitrogens with zero attached hydrogens (tertiary/aromatic N) is 3. The molecule has 0 radical (unpaired) electrons. The molecule has 0 spiro atoms. The molecule has 2 heterocycles. The Labute approximate surface area is 135 Å². The van der Waals surface area contributed by atoms with Gasteiger partial charge >= 0.3 is 0 Å². The van der Waals surface area contributed by atoms with Crippen LogP contribution in [0.4, 0.5) is 0 Å². The van der Waals surface area contributed by atoms with Gasteiger partial charge in [-0.15, -0.1) is 0 Å². The van der Waals surface area contributed by atoms with E-state index >= 15 is 0 Å². The average molecular weight is 309 g/mol. The van der Waals surface area contributed by atoms with Crippen LogP contribution >= 0.6 is 0 Å². The Balaban J connectivity index is 1.61. The fourth-order valence-electron chi connectivity index (χ4n) is 2.88. The second-order valence-corrected chi connectivity index (χ2v) is 5.79. The van der Waals surface area contributed by atoms with Crippen molar-refractivity contribution in [1.82, 2.24) is 9.80 Å². The standard InChI is InChI=1S/C18H19N3O2/c1-14-11-15(12-19)4-5-17(14)18(22)21-8-6-20(7-9-21)13-16-3-2-10-23-16/h2-5,10-11H,6-9,13H2,1H3. The number of amides is 1. The highest BCUT2D eigenvalue weighted by Gasteiger charge is 2.23. The molecule has 1 saturated heterocycles.